The van der Waals surface area contributed by atoms with Gasteiger partial charge in [0.25, 0.3) is 0 Å². The first-order chi connectivity index (χ1) is 9.25. The zero-order valence-electron chi connectivity index (χ0n) is 10.9. The molecule has 0 aliphatic heterocycles. The van der Waals surface area contributed by atoms with E-state index in [0.29, 0.717) is 0 Å². The summed E-state index contributed by atoms with van der Waals surface area (Å²) in [5.41, 5.74) is 0.937. The molecule has 4 heteroatoms. The van der Waals surface area contributed by atoms with Gasteiger partial charge in [-0.05, 0) is 26.0 Å². The fourth-order valence-electron chi connectivity index (χ4n) is 2.16. The number of rotatable bonds is 3. The molecule has 0 saturated heterocycles. The first-order valence-electron chi connectivity index (χ1n) is 6.27. The van der Waals surface area contributed by atoms with E-state index in [0.717, 1.165) is 28.0 Å². The average Bonchev–Trinajstić information content (AvgIpc) is 2.96. The van der Waals surface area contributed by atoms with E-state index in [1.165, 1.54) is 0 Å². The first kappa shape index (κ1) is 11.7. The number of anilines is 1. The summed E-state index contributed by atoms with van der Waals surface area (Å²) in [7, 11) is 0. The van der Waals surface area contributed by atoms with Crippen LogP contribution in [0.4, 0.5) is 5.82 Å². The Morgan fingerprint density at radius 2 is 1.84 bits per heavy atom. The zero-order chi connectivity index (χ0) is 13.2. The number of hydrogen-bond acceptors (Lipinski definition) is 4. The molecule has 1 aromatic carbocycles. The molecule has 1 atom stereocenters. The standard InChI is InChI=1S/C15H15N3O/c1-10-12-6-3-4-7-13(12)15(18-17-10)16-11(2)14-8-5-9-19-14/h3-9,11H,1-2H3,(H,16,18). The smallest absolute Gasteiger partial charge is 0.157 e. The van der Waals surface area contributed by atoms with Crippen LogP contribution >= 0.6 is 0 Å². The summed E-state index contributed by atoms with van der Waals surface area (Å²) in [5.74, 6) is 1.66. The highest BCUT2D eigenvalue weighted by Crippen LogP contribution is 2.25. The molecule has 1 unspecified atom stereocenters. The van der Waals surface area contributed by atoms with E-state index >= 15 is 0 Å². The Kier molecular flexibility index (Phi) is 2.91. The maximum Gasteiger partial charge on any atom is 0.157 e. The van der Waals surface area contributed by atoms with Gasteiger partial charge in [-0.1, -0.05) is 24.3 Å². The maximum atomic E-state index is 5.39. The lowest BCUT2D eigenvalue weighted by atomic mass is 10.1. The third-order valence-corrected chi connectivity index (χ3v) is 3.20. The molecule has 1 N–H and O–H groups in total. The van der Waals surface area contributed by atoms with Crippen molar-refractivity contribution in [3.63, 3.8) is 0 Å². The third-order valence-electron chi connectivity index (χ3n) is 3.20. The van der Waals surface area contributed by atoms with Gasteiger partial charge in [0.05, 0.1) is 18.0 Å². The number of nitrogens with one attached hydrogen (secondary N) is 1. The van der Waals surface area contributed by atoms with Crippen molar-refractivity contribution in [3.05, 3.63) is 54.1 Å². The van der Waals surface area contributed by atoms with Crippen LogP contribution in [0.25, 0.3) is 10.8 Å². The Balaban J connectivity index is 2.00. The SMILES string of the molecule is Cc1nnc(NC(C)c2ccco2)c2ccccc12. The monoisotopic (exact) mass is 253 g/mol. The molecule has 3 aromatic rings. The van der Waals surface area contributed by atoms with Gasteiger partial charge >= 0.3 is 0 Å². The lowest BCUT2D eigenvalue weighted by Gasteiger charge is -2.14. The number of fused-ring (bicyclic) bond motifs is 1. The second-order valence-corrected chi connectivity index (χ2v) is 4.56. The Morgan fingerprint density at radius 1 is 1.05 bits per heavy atom. The molecule has 2 heterocycles. The Labute approximate surface area is 111 Å². The summed E-state index contributed by atoms with van der Waals surface area (Å²) in [6, 6.07) is 12.0. The van der Waals surface area contributed by atoms with Gasteiger partial charge in [-0.3, -0.25) is 0 Å². The number of nitrogens with zero attached hydrogens (tertiary/aromatic N) is 2. The summed E-state index contributed by atoms with van der Waals surface area (Å²) in [5, 5.41) is 14.0. The Hall–Kier alpha value is -2.36. The van der Waals surface area contributed by atoms with E-state index in [2.05, 4.69) is 21.6 Å². The van der Waals surface area contributed by atoms with E-state index in [1.807, 2.05) is 44.2 Å². The number of hydrogen-bond donors (Lipinski definition) is 1. The minimum atomic E-state index is 0.0513. The molecule has 4 nitrogen and oxygen atoms in total. The number of furan rings is 1. The van der Waals surface area contributed by atoms with Crippen LogP contribution in [-0.2, 0) is 0 Å². The van der Waals surface area contributed by atoms with Gasteiger partial charge in [0.1, 0.15) is 5.76 Å². The van der Waals surface area contributed by atoms with Crippen molar-refractivity contribution in [2.45, 2.75) is 19.9 Å². The van der Waals surface area contributed by atoms with Crippen molar-refractivity contribution in [3.8, 4) is 0 Å². The molecule has 0 aliphatic carbocycles. The molecular weight excluding hydrogens is 238 g/mol. The van der Waals surface area contributed by atoms with Gasteiger partial charge in [-0.15, -0.1) is 5.10 Å². The van der Waals surface area contributed by atoms with Crippen LogP contribution in [0.2, 0.25) is 0 Å². The molecule has 0 bridgehead atoms. The van der Waals surface area contributed by atoms with Crippen molar-refractivity contribution < 1.29 is 4.42 Å². The number of aromatic nitrogens is 2. The van der Waals surface area contributed by atoms with Crippen molar-refractivity contribution >= 4 is 16.6 Å². The van der Waals surface area contributed by atoms with Crippen molar-refractivity contribution in [1.29, 1.82) is 0 Å². The summed E-state index contributed by atoms with van der Waals surface area (Å²) in [6.07, 6.45) is 1.67. The fourth-order valence-corrected chi connectivity index (χ4v) is 2.16. The zero-order valence-corrected chi connectivity index (χ0v) is 10.9. The molecule has 0 spiro atoms. The summed E-state index contributed by atoms with van der Waals surface area (Å²) >= 11 is 0. The second-order valence-electron chi connectivity index (χ2n) is 4.56. The third kappa shape index (κ3) is 2.17. The Bertz CT molecular complexity index is 692. The van der Waals surface area contributed by atoms with Gasteiger partial charge in [-0.25, -0.2) is 0 Å². The van der Waals surface area contributed by atoms with Crippen LogP contribution in [0, 0.1) is 6.92 Å². The minimum Gasteiger partial charge on any atom is -0.467 e. The summed E-state index contributed by atoms with van der Waals surface area (Å²) < 4.78 is 5.39. The molecule has 2 aromatic heterocycles. The van der Waals surface area contributed by atoms with Gasteiger partial charge in [0, 0.05) is 10.8 Å². The quantitative estimate of drug-likeness (QED) is 0.773. The van der Waals surface area contributed by atoms with E-state index in [-0.39, 0.29) is 6.04 Å². The molecule has 0 fully saturated rings. The van der Waals surface area contributed by atoms with Gasteiger partial charge < -0.3 is 9.73 Å². The van der Waals surface area contributed by atoms with Crippen molar-refractivity contribution in [2.24, 2.45) is 0 Å². The van der Waals surface area contributed by atoms with Crippen LogP contribution in [0.5, 0.6) is 0 Å². The molecule has 0 radical (unpaired) electrons. The van der Waals surface area contributed by atoms with Gasteiger partial charge in [0.15, 0.2) is 5.82 Å². The Morgan fingerprint density at radius 3 is 2.58 bits per heavy atom. The normalized spacial score (nSPS) is 12.5. The molecule has 96 valence electrons. The van der Waals surface area contributed by atoms with Crippen LogP contribution in [-0.4, -0.2) is 10.2 Å². The van der Waals surface area contributed by atoms with Crippen LogP contribution < -0.4 is 5.32 Å². The first-order valence-corrected chi connectivity index (χ1v) is 6.27. The largest absolute Gasteiger partial charge is 0.467 e. The van der Waals surface area contributed by atoms with Crippen molar-refractivity contribution in [1.82, 2.24) is 10.2 Å². The molecule has 3 rings (SSSR count). The van der Waals surface area contributed by atoms with E-state index in [9.17, 15) is 0 Å². The lowest BCUT2D eigenvalue weighted by molar-refractivity contribution is 0.490. The molecule has 0 saturated carbocycles. The van der Waals surface area contributed by atoms with Crippen LogP contribution in [0.15, 0.2) is 47.1 Å². The second kappa shape index (κ2) is 4.72. The number of aryl methyl sites for hydroxylation is 1. The van der Waals surface area contributed by atoms with Gasteiger partial charge in [0.2, 0.25) is 0 Å². The van der Waals surface area contributed by atoms with Gasteiger partial charge in [-0.2, -0.15) is 5.10 Å². The minimum absolute atomic E-state index is 0.0513. The highest BCUT2D eigenvalue weighted by molar-refractivity contribution is 5.92. The predicted molar refractivity (Wildman–Crippen MR) is 75.0 cm³/mol. The molecular formula is C15H15N3O. The summed E-state index contributed by atoms with van der Waals surface area (Å²) in [6.45, 7) is 4.00. The molecule has 0 aliphatic rings. The topological polar surface area (TPSA) is 51.0 Å². The summed E-state index contributed by atoms with van der Waals surface area (Å²) in [4.78, 5) is 0. The van der Waals surface area contributed by atoms with Crippen LogP contribution in [0.3, 0.4) is 0 Å². The lowest BCUT2D eigenvalue weighted by Crippen LogP contribution is -2.08. The predicted octanol–water partition coefficient (Wildman–Crippen LogP) is 3.70. The average molecular weight is 253 g/mol. The van der Waals surface area contributed by atoms with Crippen LogP contribution in [0.1, 0.15) is 24.4 Å². The molecule has 19 heavy (non-hydrogen) atoms. The highest BCUT2D eigenvalue weighted by atomic mass is 16.3. The molecule has 0 amide bonds. The number of benzene rings is 1. The van der Waals surface area contributed by atoms with Crippen molar-refractivity contribution in [2.75, 3.05) is 5.32 Å². The van der Waals surface area contributed by atoms with E-state index in [4.69, 9.17) is 4.42 Å². The fraction of sp³-hybridized carbons (Fsp3) is 0.200. The maximum absolute atomic E-state index is 5.39. The van der Waals surface area contributed by atoms with E-state index in [1.54, 1.807) is 6.26 Å². The van der Waals surface area contributed by atoms with E-state index < -0.39 is 0 Å². The highest BCUT2D eigenvalue weighted by Gasteiger charge is 2.12.